The van der Waals surface area contributed by atoms with Crippen LogP contribution in [0.4, 0.5) is 4.39 Å². The molecule has 2 heterocycles. The van der Waals surface area contributed by atoms with Gasteiger partial charge in [-0.05, 0) is 49.2 Å². The first-order valence-corrected chi connectivity index (χ1v) is 9.61. The van der Waals surface area contributed by atoms with Crippen molar-refractivity contribution in [2.24, 2.45) is 0 Å². The van der Waals surface area contributed by atoms with Crippen LogP contribution in [0, 0.1) is 5.82 Å². The number of thiazole rings is 1. The number of aromatic nitrogens is 1. The maximum atomic E-state index is 12.9. The van der Waals surface area contributed by atoms with E-state index < -0.39 is 0 Å². The summed E-state index contributed by atoms with van der Waals surface area (Å²) in [6, 6.07) is 14.6. The van der Waals surface area contributed by atoms with Gasteiger partial charge < -0.3 is 5.32 Å². The summed E-state index contributed by atoms with van der Waals surface area (Å²) in [6.45, 7) is 1.69. The van der Waals surface area contributed by atoms with Crippen molar-refractivity contribution in [3.05, 3.63) is 64.9 Å². The molecule has 0 bridgehead atoms. The zero-order valence-electron chi connectivity index (χ0n) is 14.3. The van der Waals surface area contributed by atoms with Crippen LogP contribution in [0.1, 0.15) is 29.5 Å². The maximum absolute atomic E-state index is 12.9. The summed E-state index contributed by atoms with van der Waals surface area (Å²) in [6.07, 6.45) is 2.11. The minimum absolute atomic E-state index is 0.0117. The molecule has 1 aliphatic heterocycles. The standard InChI is InChI=1S/C20H20FN3OS/c21-15-9-7-14(8-10-15)12-22-19(25)13-24-11-3-5-17(24)20-23-16-4-1-2-6-18(16)26-20/h1-2,4,6-10,17H,3,5,11-13H2,(H,22,25). The quantitative estimate of drug-likeness (QED) is 0.742. The van der Waals surface area contributed by atoms with Crippen LogP contribution in [-0.4, -0.2) is 28.9 Å². The second-order valence-electron chi connectivity index (χ2n) is 6.55. The van der Waals surface area contributed by atoms with E-state index in [0.717, 1.165) is 35.5 Å². The number of fused-ring (bicyclic) bond motifs is 1. The minimum atomic E-state index is -0.268. The van der Waals surface area contributed by atoms with E-state index in [1.54, 1.807) is 23.5 Å². The SMILES string of the molecule is O=C(CN1CCCC1c1nc2ccccc2s1)NCc1ccc(F)cc1. The van der Waals surface area contributed by atoms with Gasteiger partial charge >= 0.3 is 0 Å². The summed E-state index contributed by atoms with van der Waals surface area (Å²) in [5.41, 5.74) is 1.92. The van der Waals surface area contributed by atoms with E-state index in [-0.39, 0.29) is 17.8 Å². The fraction of sp³-hybridized carbons (Fsp3) is 0.300. The van der Waals surface area contributed by atoms with Crippen molar-refractivity contribution in [3.63, 3.8) is 0 Å². The summed E-state index contributed by atoms with van der Waals surface area (Å²) in [4.78, 5) is 19.3. The number of amides is 1. The summed E-state index contributed by atoms with van der Waals surface area (Å²) < 4.78 is 14.1. The average Bonchev–Trinajstić information content (AvgIpc) is 3.27. The molecular weight excluding hydrogens is 349 g/mol. The lowest BCUT2D eigenvalue weighted by molar-refractivity contribution is -0.122. The first-order valence-electron chi connectivity index (χ1n) is 8.80. The molecule has 134 valence electrons. The van der Waals surface area contributed by atoms with Gasteiger partial charge in [0.05, 0.1) is 22.8 Å². The molecule has 3 aromatic rings. The van der Waals surface area contributed by atoms with Crippen molar-refractivity contribution in [3.8, 4) is 0 Å². The lowest BCUT2D eigenvalue weighted by atomic mass is 10.2. The molecule has 4 nitrogen and oxygen atoms in total. The highest BCUT2D eigenvalue weighted by Crippen LogP contribution is 2.36. The first kappa shape index (κ1) is 17.1. The zero-order chi connectivity index (χ0) is 17.9. The van der Waals surface area contributed by atoms with Crippen molar-refractivity contribution in [2.45, 2.75) is 25.4 Å². The van der Waals surface area contributed by atoms with Gasteiger partial charge in [0, 0.05) is 6.54 Å². The van der Waals surface area contributed by atoms with Crippen LogP contribution in [0.5, 0.6) is 0 Å². The van der Waals surface area contributed by atoms with Crippen LogP contribution >= 0.6 is 11.3 Å². The minimum Gasteiger partial charge on any atom is -0.351 e. The predicted molar refractivity (Wildman–Crippen MR) is 101 cm³/mol. The van der Waals surface area contributed by atoms with E-state index in [2.05, 4.69) is 16.3 Å². The van der Waals surface area contributed by atoms with Crippen LogP contribution in [0.25, 0.3) is 10.2 Å². The highest BCUT2D eigenvalue weighted by molar-refractivity contribution is 7.18. The van der Waals surface area contributed by atoms with Gasteiger partial charge in [0.2, 0.25) is 5.91 Å². The number of likely N-dealkylation sites (tertiary alicyclic amines) is 1. The molecule has 1 N–H and O–H groups in total. The van der Waals surface area contributed by atoms with Crippen molar-refractivity contribution in [1.82, 2.24) is 15.2 Å². The first-order chi connectivity index (χ1) is 12.7. The van der Waals surface area contributed by atoms with Crippen molar-refractivity contribution >= 4 is 27.5 Å². The Labute approximate surface area is 155 Å². The molecule has 26 heavy (non-hydrogen) atoms. The van der Waals surface area contributed by atoms with Gasteiger partial charge in [0.1, 0.15) is 10.8 Å². The van der Waals surface area contributed by atoms with Gasteiger partial charge in [0.15, 0.2) is 0 Å². The molecule has 0 aliphatic carbocycles. The Morgan fingerprint density at radius 2 is 2.04 bits per heavy atom. The number of halogens is 1. The number of hydrogen-bond acceptors (Lipinski definition) is 4. The number of nitrogens with zero attached hydrogens (tertiary/aromatic N) is 2. The third kappa shape index (κ3) is 3.76. The zero-order valence-corrected chi connectivity index (χ0v) is 15.1. The predicted octanol–water partition coefficient (Wildman–Crippen LogP) is 3.89. The monoisotopic (exact) mass is 369 g/mol. The third-order valence-corrected chi connectivity index (χ3v) is 5.85. The number of rotatable bonds is 5. The molecule has 0 saturated carbocycles. The number of benzene rings is 2. The van der Waals surface area contributed by atoms with Crippen LogP contribution in [0.2, 0.25) is 0 Å². The summed E-state index contributed by atoms with van der Waals surface area (Å²) >= 11 is 1.72. The second kappa shape index (κ2) is 7.51. The molecule has 1 amide bonds. The highest BCUT2D eigenvalue weighted by atomic mass is 32.1. The molecule has 1 aromatic heterocycles. The van der Waals surface area contributed by atoms with Gasteiger partial charge in [-0.15, -0.1) is 11.3 Å². The molecule has 1 saturated heterocycles. The van der Waals surface area contributed by atoms with E-state index in [9.17, 15) is 9.18 Å². The molecule has 0 spiro atoms. The molecule has 1 fully saturated rings. The average molecular weight is 369 g/mol. The van der Waals surface area contributed by atoms with Gasteiger partial charge in [0.25, 0.3) is 0 Å². The van der Waals surface area contributed by atoms with E-state index in [0.29, 0.717) is 13.1 Å². The Hall–Kier alpha value is -2.31. The molecule has 4 rings (SSSR count). The fourth-order valence-corrected chi connectivity index (χ4v) is 4.51. The second-order valence-corrected chi connectivity index (χ2v) is 7.61. The summed E-state index contributed by atoms with van der Waals surface area (Å²) in [5, 5.41) is 4.02. The summed E-state index contributed by atoms with van der Waals surface area (Å²) in [7, 11) is 0. The molecule has 1 atom stereocenters. The maximum Gasteiger partial charge on any atom is 0.234 e. The van der Waals surface area contributed by atoms with Crippen molar-refractivity contribution in [2.75, 3.05) is 13.1 Å². The van der Waals surface area contributed by atoms with Gasteiger partial charge in [-0.2, -0.15) is 0 Å². The van der Waals surface area contributed by atoms with Crippen LogP contribution in [0.3, 0.4) is 0 Å². The van der Waals surface area contributed by atoms with E-state index in [4.69, 9.17) is 4.98 Å². The van der Waals surface area contributed by atoms with Gasteiger partial charge in [-0.1, -0.05) is 24.3 Å². The van der Waals surface area contributed by atoms with Gasteiger partial charge in [-0.25, -0.2) is 9.37 Å². The van der Waals surface area contributed by atoms with E-state index in [1.165, 1.54) is 16.8 Å². The summed E-state index contributed by atoms with van der Waals surface area (Å²) in [5.74, 6) is -0.279. The fourth-order valence-electron chi connectivity index (χ4n) is 3.37. The smallest absolute Gasteiger partial charge is 0.234 e. The Bertz CT molecular complexity index is 876. The van der Waals surface area contributed by atoms with Crippen LogP contribution < -0.4 is 5.32 Å². The third-order valence-electron chi connectivity index (χ3n) is 4.71. The molecule has 6 heteroatoms. The number of para-hydroxylation sites is 1. The van der Waals surface area contributed by atoms with E-state index >= 15 is 0 Å². The molecule has 2 aromatic carbocycles. The Kier molecular flexibility index (Phi) is 4.95. The number of carbonyl (C=O) groups is 1. The van der Waals surface area contributed by atoms with Gasteiger partial charge in [-0.3, -0.25) is 9.69 Å². The van der Waals surface area contributed by atoms with Crippen molar-refractivity contribution in [1.29, 1.82) is 0 Å². The molecule has 1 unspecified atom stereocenters. The molecule has 0 radical (unpaired) electrons. The Balaban J connectivity index is 1.38. The lowest BCUT2D eigenvalue weighted by Crippen LogP contribution is -2.36. The number of hydrogen-bond donors (Lipinski definition) is 1. The highest BCUT2D eigenvalue weighted by Gasteiger charge is 2.29. The van der Waals surface area contributed by atoms with Crippen molar-refractivity contribution < 1.29 is 9.18 Å². The molecule has 1 aliphatic rings. The topological polar surface area (TPSA) is 45.2 Å². The Morgan fingerprint density at radius 3 is 2.85 bits per heavy atom. The van der Waals surface area contributed by atoms with E-state index in [1.807, 2.05) is 18.2 Å². The molecular formula is C20H20FN3OS. The largest absolute Gasteiger partial charge is 0.351 e. The van der Waals surface area contributed by atoms with Crippen LogP contribution in [0.15, 0.2) is 48.5 Å². The normalized spacial score (nSPS) is 17.7. The number of carbonyl (C=O) groups excluding carboxylic acids is 1. The Morgan fingerprint density at radius 1 is 1.23 bits per heavy atom. The van der Waals surface area contributed by atoms with Crippen LogP contribution in [-0.2, 0) is 11.3 Å². The lowest BCUT2D eigenvalue weighted by Gasteiger charge is -2.22. The number of nitrogens with one attached hydrogen (secondary N) is 1.